The molecule has 28 heavy (non-hydrogen) atoms. The van der Waals surface area contributed by atoms with Gasteiger partial charge < -0.3 is 10.2 Å². The van der Waals surface area contributed by atoms with Gasteiger partial charge in [-0.25, -0.2) is 4.39 Å². The predicted molar refractivity (Wildman–Crippen MR) is 107 cm³/mol. The Kier molecular flexibility index (Phi) is 6.40. The number of nitriles is 1. The minimum absolute atomic E-state index is 0.0210. The van der Waals surface area contributed by atoms with Crippen molar-refractivity contribution in [3.8, 4) is 6.07 Å². The van der Waals surface area contributed by atoms with Gasteiger partial charge in [0.15, 0.2) is 0 Å². The zero-order chi connectivity index (χ0) is 20.3. The summed E-state index contributed by atoms with van der Waals surface area (Å²) in [5.41, 5.74) is 1.14. The van der Waals surface area contributed by atoms with E-state index in [4.69, 9.17) is 0 Å². The maximum Gasteiger partial charge on any atom is 0.233 e. The molecule has 2 heterocycles. The second kappa shape index (κ2) is 8.78. The molecule has 0 saturated carbocycles. The topological polar surface area (TPSA) is 73.2 Å². The standard InChI is InChI=1S/C21H24FN3O2S/c1-13-4-3-5-14(2)25(13)20(27)12-28-21-18(11-23)17(10-19(26)24-21)15-6-8-16(22)9-7-15/h6-9,13-14,17H,3-5,10,12H2,1-2H3,(H,24,26)/t13-,14-,17+/m1/s1. The molecule has 2 aliphatic rings. The first-order valence-electron chi connectivity index (χ1n) is 9.54. The predicted octanol–water partition coefficient (Wildman–Crippen LogP) is 3.69. The summed E-state index contributed by atoms with van der Waals surface area (Å²) < 4.78 is 13.2. The average molecular weight is 402 g/mol. The van der Waals surface area contributed by atoms with Gasteiger partial charge in [0.1, 0.15) is 5.82 Å². The van der Waals surface area contributed by atoms with Crippen LogP contribution in [0.4, 0.5) is 4.39 Å². The third-order valence-electron chi connectivity index (χ3n) is 5.45. The summed E-state index contributed by atoms with van der Waals surface area (Å²) in [5.74, 6) is -0.803. The van der Waals surface area contributed by atoms with Gasteiger partial charge in [-0.05, 0) is 50.8 Å². The molecule has 0 aliphatic carbocycles. The van der Waals surface area contributed by atoms with Crippen LogP contribution in [0.3, 0.4) is 0 Å². The molecule has 2 aliphatic heterocycles. The van der Waals surface area contributed by atoms with Gasteiger partial charge in [0.05, 0.1) is 22.4 Å². The van der Waals surface area contributed by atoms with Gasteiger partial charge in [-0.15, -0.1) is 0 Å². The van der Waals surface area contributed by atoms with Crippen LogP contribution in [0.25, 0.3) is 0 Å². The van der Waals surface area contributed by atoms with Crippen LogP contribution in [0.2, 0.25) is 0 Å². The van der Waals surface area contributed by atoms with Gasteiger partial charge in [-0.1, -0.05) is 23.9 Å². The molecule has 0 radical (unpaired) electrons. The van der Waals surface area contributed by atoms with Crippen molar-refractivity contribution in [1.29, 1.82) is 5.26 Å². The number of hydrogen-bond donors (Lipinski definition) is 1. The molecule has 1 N–H and O–H groups in total. The lowest BCUT2D eigenvalue weighted by Gasteiger charge is -2.39. The summed E-state index contributed by atoms with van der Waals surface area (Å²) in [7, 11) is 0. The number of nitrogens with zero attached hydrogens (tertiary/aromatic N) is 2. The van der Waals surface area contributed by atoms with E-state index in [1.54, 1.807) is 12.1 Å². The van der Waals surface area contributed by atoms with Crippen molar-refractivity contribution < 1.29 is 14.0 Å². The van der Waals surface area contributed by atoms with Crippen LogP contribution >= 0.6 is 11.8 Å². The number of halogens is 1. The minimum Gasteiger partial charge on any atom is -0.337 e. The van der Waals surface area contributed by atoms with E-state index in [0.29, 0.717) is 10.6 Å². The Hall–Kier alpha value is -2.33. The van der Waals surface area contributed by atoms with Gasteiger partial charge in [0.2, 0.25) is 11.8 Å². The second-order valence-corrected chi connectivity index (χ2v) is 8.42. The summed E-state index contributed by atoms with van der Waals surface area (Å²) >= 11 is 1.20. The van der Waals surface area contributed by atoms with E-state index >= 15 is 0 Å². The number of amides is 2. The summed E-state index contributed by atoms with van der Waals surface area (Å²) in [6, 6.07) is 8.44. The molecule has 1 fully saturated rings. The van der Waals surface area contributed by atoms with Crippen LogP contribution in [0.1, 0.15) is 51.0 Å². The summed E-state index contributed by atoms with van der Waals surface area (Å²) in [6.07, 6.45) is 3.25. The monoisotopic (exact) mass is 401 g/mol. The fourth-order valence-electron chi connectivity index (χ4n) is 4.03. The molecule has 7 heteroatoms. The lowest BCUT2D eigenvalue weighted by molar-refractivity contribution is -0.134. The van der Waals surface area contributed by atoms with Crippen LogP contribution in [-0.4, -0.2) is 34.6 Å². The average Bonchev–Trinajstić information content (AvgIpc) is 2.66. The number of rotatable bonds is 4. The van der Waals surface area contributed by atoms with Crippen molar-refractivity contribution in [2.75, 3.05) is 5.75 Å². The lowest BCUT2D eigenvalue weighted by Crippen LogP contribution is -2.48. The van der Waals surface area contributed by atoms with Crippen LogP contribution < -0.4 is 5.32 Å². The number of allylic oxidation sites excluding steroid dienone is 1. The molecular formula is C21H24FN3O2S. The smallest absolute Gasteiger partial charge is 0.233 e. The first-order valence-corrected chi connectivity index (χ1v) is 10.5. The molecule has 3 rings (SSSR count). The minimum atomic E-state index is -0.426. The number of carbonyl (C=O) groups excluding carboxylic acids is 2. The molecule has 2 amide bonds. The first kappa shape index (κ1) is 20.4. The van der Waals surface area contributed by atoms with Gasteiger partial charge in [-0.2, -0.15) is 5.26 Å². The highest BCUT2D eigenvalue weighted by Crippen LogP contribution is 2.36. The SMILES string of the molecule is C[C@@H]1CCC[C@@H](C)N1C(=O)CSC1=C(C#N)[C@H](c2ccc(F)cc2)CC(=O)N1. The normalized spacial score (nSPS) is 25.3. The number of piperidine rings is 1. The number of likely N-dealkylation sites (tertiary alicyclic amines) is 1. The Morgan fingerprint density at radius 3 is 2.54 bits per heavy atom. The van der Waals surface area contributed by atoms with Crippen LogP contribution in [0.5, 0.6) is 0 Å². The van der Waals surface area contributed by atoms with Crippen LogP contribution in [0.15, 0.2) is 34.9 Å². The number of hydrogen-bond acceptors (Lipinski definition) is 4. The van der Waals surface area contributed by atoms with E-state index in [1.165, 1.54) is 23.9 Å². The Bertz CT molecular complexity index is 821. The van der Waals surface area contributed by atoms with Crippen molar-refractivity contribution >= 4 is 23.6 Å². The molecular weight excluding hydrogens is 377 g/mol. The quantitative estimate of drug-likeness (QED) is 0.835. The third-order valence-corrected chi connectivity index (χ3v) is 6.45. The van der Waals surface area contributed by atoms with Gasteiger partial charge in [0, 0.05) is 24.4 Å². The lowest BCUT2D eigenvalue weighted by atomic mass is 9.87. The summed E-state index contributed by atoms with van der Waals surface area (Å²) in [6.45, 7) is 4.12. The zero-order valence-electron chi connectivity index (χ0n) is 16.1. The van der Waals surface area contributed by atoms with Crippen LogP contribution in [0, 0.1) is 17.1 Å². The van der Waals surface area contributed by atoms with Gasteiger partial charge >= 0.3 is 0 Å². The van der Waals surface area contributed by atoms with Crippen molar-refractivity contribution in [2.24, 2.45) is 0 Å². The highest BCUT2D eigenvalue weighted by Gasteiger charge is 2.32. The van der Waals surface area contributed by atoms with Crippen molar-refractivity contribution in [1.82, 2.24) is 10.2 Å². The zero-order valence-corrected chi connectivity index (χ0v) is 16.9. The molecule has 0 spiro atoms. The summed E-state index contributed by atoms with van der Waals surface area (Å²) in [5, 5.41) is 12.9. The molecule has 0 bridgehead atoms. The fraction of sp³-hybridized carbons (Fsp3) is 0.476. The maximum atomic E-state index is 13.2. The Morgan fingerprint density at radius 2 is 1.93 bits per heavy atom. The number of benzene rings is 1. The molecule has 0 aromatic heterocycles. The molecule has 0 unspecified atom stereocenters. The van der Waals surface area contributed by atoms with Gasteiger partial charge in [-0.3, -0.25) is 9.59 Å². The second-order valence-electron chi connectivity index (χ2n) is 7.43. The Labute approximate surface area is 169 Å². The molecule has 1 aromatic rings. The maximum absolute atomic E-state index is 13.2. The van der Waals surface area contributed by atoms with E-state index in [-0.39, 0.29) is 41.9 Å². The van der Waals surface area contributed by atoms with E-state index in [9.17, 15) is 19.2 Å². The molecule has 1 saturated heterocycles. The highest BCUT2D eigenvalue weighted by molar-refractivity contribution is 8.03. The van der Waals surface area contributed by atoms with Crippen molar-refractivity contribution in [3.05, 3.63) is 46.2 Å². The Morgan fingerprint density at radius 1 is 1.29 bits per heavy atom. The molecule has 5 nitrogen and oxygen atoms in total. The third kappa shape index (κ3) is 4.39. The number of nitrogens with one attached hydrogen (secondary N) is 1. The van der Waals surface area contributed by atoms with E-state index in [0.717, 1.165) is 24.8 Å². The van der Waals surface area contributed by atoms with E-state index in [2.05, 4.69) is 25.2 Å². The number of carbonyl (C=O) groups is 2. The van der Waals surface area contributed by atoms with Crippen LogP contribution in [-0.2, 0) is 9.59 Å². The van der Waals surface area contributed by atoms with Gasteiger partial charge in [0.25, 0.3) is 0 Å². The first-order chi connectivity index (χ1) is 13.4. The Balaban J connectivity index is 1.78. The van der Waals surface area contributed by atoms with E-state index < -0.39 is 5.92 Å². The molecule has 148 valence electrons. The highest BCUT2D eigenvalue weighted by atomic mass is 32.2. The van der Waals surface area contributed by atoms with Crippen molar-refractivity contribution in [3.63, 3.8) is 0 Å². The molecule has 3 atom stereocenters. The molecule has 1 aromatic carbocycles. The largest absolute Gasteiger partial charge is 0.337 e. The summed E-state index contributed by atoms with van der Waals surface area (Å²) in [4.78, 5) is 26.9. The van der Waals surface area contributed by atoms with E-state index in [1.807, 2.05) is 4.90 Å². The number of thioether (sulfide) groups is 1. The van der Waals surface area contributed by atoms with Crippen molar-refractivity contribution in [2.45, 2.75) is 57.5 Å². The fourth-order valence-corrected chi connectivity index (χ4v) is 4.98.